The first-order valence-corrected chi connectivity index (χ1v) is 9.06. The van der Waals surface area contributed by atoms with E-state index in [1.54, 1.807) is 6.92 Å². The normalized spacial score (nSPS) is 19.3. The molecule has 1 aliphatic rings. The van der Waals surface area contributed by atoms with Crippen LogP contribution in [0.5, 0.6) is 0 Å². The van der Waals surface area contributed by atoms with Crippen LogP contribution in [0.2, 0.25) is 0 Å². The molecule has 3 rings (SSSR count). The number of carbonyl (C=O) groups excluding carboxylic acids is 1. The highest BCUT2D eigenvalue weighted by atomic mass is 16.5. The van der Waals surface area contributed by atoms with Gasteiger partial charge < -0.3 is 14.8 Å². The lowest BCUT2D eigenvalue weighted by Gasteiger charge is -2.23. The minimum atomic E-state index is -0.514. The van der Waals surface area contributed by atoms with Crippen LogP contribution in [0.4, 0.5) is 5.69 Å². The van der Waals surface area contributed by atoms with Crippen LogP contribution in [-0.2, 0) is 14.3 Å². The first-order valence-electron chi connectivity index (χ1n) is 9.06. The maximum absolute atomic E-state index is 12.3. The molecule has 25 heavy (non-hydrogen) atoms. The SMILES string of the molecule is CC(OCC1CCCCO1)C(=O)Nc1ccc2nn(C(C)C)cc2c1. The number of nitrogens with one attached hydrogen (secondary N) is 1. The van der Waals surface area contributed by atoms with Crippen molar-refractivity contribution in [3.63, 3.8) is 0 Å². The third kappa shape index (κ3) is 4.58. The Morgan fingerprint density at radius 2 is 2.24 bits per heavy atom. The maximum atomic E-state index is 12.3. The van der Waals surface area contributed by atoms with Crippen molar-refractivity contribution in [1.29, 1.82) is 0 Å². The fourth-order valence-corrected chi connectivity index (χ4v) is 2.90. The molecule has 2 unspecified atom stereocenters. The van der Waals surface area contributed by atoms with E-state index in [9.17, 15) is 4.79 Å². The van der Waals surface area contributed by atoms with Crippen molar-refractivity contribution in [2.24, 2.45) is 0 Å². The average molecular weight is 345 g/mol. The molecule has 2 heterocycles. The van der Waals surface area contributed by atoms with Gasteiger partial charge in [0.25, 0.3) is 5.91 Å². The monoisotopic (exact) mass is 345 g/mol. The Morgan fingerprint density at radius 1 is 1.40 bits per heavy atom. The van der Waals surface area contributed by atoms with Gasteiger partial charge in [0.2, 0.25) is 0 Å². The molecule has 0 saturated carbocycles. The van der Waals surface area contributed by atoms with E-state index in [4.69, 9.17) is 9.47 Å². The third-order valence-corrected chi connectivity index (χ3v) is 4.49. The van der Waals surface area contributed by atoms with Crippen molar-refractivity contribution >= 4 is 22.5 Å². The number of ether oxygens (including phenoxy) is 2. The van der Waals surface area contributed by atoms with Crippen LogP contribution < -0.4 is 5.32 Å². The summed E-state index contributed by atoms with van der Waals surface area (Å²) >= 11 is 0. The Hall–Kier alpha value is -1.92. The highest BCUT2D eigenvalue weighted by molar-refractivity contribution is 5.96. The van der Waals surface area contributed by atoms with Crippen molar-refractivity contribution in [3.8, 4) is 0 Å². The predicted octanol–water partition coefficient (Wildman–Crippen LogP) is 3.53. The third-order valence-electron chi connectivity index (χ3n) is 4.49. The van der Waals surface area contributed by atoms with Crippen LogP contribution in [0.15, 0.2) is 24.4 Å². The molecule has 0 radical (unpaired) electrons. The number of amides is 1. The summed E-state index contributed by atoms with van der Waals surface area (Å²) in [5.41, 5.74) is 1.68. The van der Waals surface area contributed by atoms with Gasteiger partial charge in [-0.15, -0.1) is 0 Å². The lowest BCUT2D eigenvalue weighted by atomic mass is 10.1. The summed E-state index contributed by atoms with van der Waals surface area (Å²) in [7, 11) is 0. The van der Waals surface area contributed by atoms with Crippen molar-refractivity contribution in [1.82, 2.24) is 9.78 Å². The Balaban J connectivity index is 1.56. The lowest BCUT2D eigenvalue weighted by Crippen LogP contribution is -2.32. The molecule has 0 bridgehead atoms. The van der Waals surface area contributed by atoms with Crippen LogP contribution >= 0.6 is 0 Å². The predicted molar refractivity (Wildman–Crippen MR) is 97.8 cm³/mol. The number of aromatic nitrogens is 2. The summed E-state index contributed by atoms with van der Waals surface area (Å²) in [6, 6.07) is 6.04. The van der Waals surface area contributed by atoms with E-state index in [1.165, 1.54) is 6.42 Å². The summed E-state index contributed by atoms with van der Waals surface area (Å²) in [5, 5.41) is 8.44. The molecular formula is C19H27N3O3. The van der Waals surface area contributed by atoms with Crippen LogP contribution in [0.3, 0.4) is 0 Å². The van der Waals surface area contributed by atoms with Gasteiger partial charge in [-0.1, -0.05) is 0 Å². The minimum Gasteiger partial charge on any atom is -0.376 e. The smallest absolute Gasteiger partial charge is 0.253 e. The van der Waals surface area contributed by atoms with Gasteiger partial charge in [-0.2, -0.15) is 5.10 Å². The van der Waals surface area contributed by atoms with Crippen LogP contribution in [0.1, 0.15) is 46.1 Å². The molecule has 2 atom stereocenters. The molecule has 6 heteroatoms. The van der Waals surface area contributed by atoms with Crippen molar-refractivity contribution in [3.05, 3.63) is 24.4 Å². The number of hydrogen-bond donors (Lipinski definition) is 1. The Kier molecular flexibility index (Phi) is 5.71. The van der Waals surface area contributed by atoms with Crippen molar-refractivity contribution in [2.75, 3.05) is 18.5 Å². The molecule has 1 aromatic heterocycles. The zero-order chi connectivity index (χ0) is 17.8. The van der Waals surface area contributed by atoms with Gasteiger partial charge in [-0.05, 0) is 58.2 Å². The Bertz CT molecular complexity index is 720. The molecule has 0 aliphatic carbocycles. The molecular weight excluding hydrogens is 318 g/mol. The molecule has 0 spiro atoms. The molecule has 6 nitrogen and oxygen atoms in total. The second kappa shape index (κ2) is 7.97. The van der Waals surface area contributed by atoms with Crippen molar-refractivity contribution in [2.45, 2.75) is 58.3 Å². The van der Waals surface area contributed by atoms with Gasteiger partial charge in [0.1, 0.15) is 6.10 Å². The molecule has 1 fully saturated rings. The van der Waals surface area contributed by atoms with E-state index in [2.05, 4.69) is 24.3 Å². The first kappa shape index (κ1) is 17.9. The number of nitrogens with zero attached hydrogens (tertiary/aromatic N) is 2. The fraction of sp³-hybridized carbons (Fsp3) is 0.579. The van der Waals surface area contributed by atoms with E-state index < -0.39 is 6.10 Å². The first-order chi connectivity index (χ1) is 12.0. The van der Waals surface area contributed by atoms with Gasteiger partial charge in [0.05, 0.1) is 18.2 Å². The number of hydrogen-bond acceptors (Lipinski definition) is 4. The van der Waals surface area contributed by atoms with E-state index in [0.29, 0.717) is 12.6 Å². The Morgan fingerprint density at radius 3 is 2.96 bits per heavy atom. The largest absolute Gasteiger partial charge is 0.376 e. The highest BCUT2D eigenvalue weighted by Crippen LogP contribution is 2.20. The molecule has 136 valence electrons. The summed E-state index contributed by atoms with van der Waals surface area (Å²) in [6.45, 7) is 7.20. The number of carbonyl (C=O) groups is 1. The molecule has 1 amide bonds. The molecule has 1 aromatic carbocycles. The van der Waals surface area contributed by atoms with E-state index >= 15 is 0 Å². The zero-order valence-electron chi connectivity index (χ0n) is 15.2. The van der Waals surface area contributed by atoms with Gasteiger partial charge in [-0.25, -0.2) is 0 Å². The molecule has 1 aliphatic heterocycles. The quantitative estimate of drug-likeness (QED) is 0.870. The summed E-state index contributed by atoms with van der Waals surface area (Å²) in [6.07, 6.45) is 4.88. The van der Waals surface area contributed by atoms with Gasteiger partial charge in [-0.3, -0.25) is 9.48 Å². The van der Waals surface area contributed by atoms with E-state index in [-0.39, 0.29) is 12.0 Å². The number of anilines is 1. The van der Waals surface area contributed by atoms with E-state index in [1.807, 2.05) is 29.1 Å². The maximum Gasteiger partial charge on any atom is 0.253 e. The summed E-state index contributed by atoms with van der Waals surface area (Å²) < 4.78 is 13.2. The molecule has 2 aromatic rings. The standard InChI is InChI=1S/C19H27N3O3/c1-13(2)22-11-15-10-16(7-8-18(15)21-22)20-19(23)14(3)25-12-17-6-4-5-9-24-17/h7-8,10-11,13-14,17H,4-6,9,12H2,1-3H3,(H,20,23). The van der Waals surface area contributed by atoms with Crippen LogP contribution in [0.25, 0.3) is 10.9 Å². The number of fused-ring (bicyclic) bond motifs is 1. The second-order valence-electron chi connectivity index (χ2n) is 6.93. The average Bonchev–Trinajstić information content (AvgIpc) is 3.04. The summed E-state index contributed by atoms with van der Waals surface area (Å²) in [5.74, 6) is -0.147. The molecule has 1 saturated heterocycles. The van der Waals surface area contributed by atoms with Crippen LogP contribution in [0, 0.1) is 0 Å². The van der Waals surface area contributed by atoms with Gasteiger partial charge in [0.15, 0.2) is 0 Å². The van der Waals surface area contributed by atoms with Gasteiger partial charge >= 0.3 is 0 Å². The lowest BCUT2D eigenvalue weighted by molar-refractivity contribution is -0.130. The minimum absolute atomic E-state index is 0.113. The van der Waals surface area contributed by atoms with Crippen molar-refractivity contribution < 1.29 is 14.3 Å². The highest BCUT2D eigenvalue weighted by Gasteiger charge is 2.19. The van der Waals surface area contributed by atoms with E-state index in [0.717, 1.165) is 36.0 Å². The summed E-state index contributed by atoms with van der Waals surface area (Å²) in [4.78, 5) is 12.3. The number of rotatable bonds is 6. The number of benzene rings is 1. The topological polar surface area (TPSA) is 65.4 Å². The Labute approximate surface area is 148 Å². The van der Waals surface area contributed by atoms with Crippen LogP contribution in [-0.4, -0.2) is 41.1 Å². The second-order valence-corrected chi connectivity index (χ2v) is 6.93. The zero-order valence-corrected chi connectivity index (χ0v) is 15.2. The molecule has 1 N–H and O–H groups in total. The fourth-order valence-electron chi connectivity index (χ4n) is 2.90. The van der Waals surface area contributed by atoms with Gasteiger partial charge in [0, 0.05) is 29.9 Å².